The van der Waals surface area contributed by atoms with E-state index in [1.165, 1.54) is 18.4 Å². The van der Waals surface area contributed by atoms with E-state index >= 15 is 0 Å². The number of anilines is 1. The number of ether oxygens (including phenoxy) is 1. The third-order valence-corrected chi connectivity index (χ3v) is 3.18. The van der Waals surface area contributed by atoms with E-state index in [9.17, 15) is 4.79 Å². The van der Waals surface area contributed by atoms with E-state index in [-0.39, 0.29) is 12.5 Å². The zero-order chi connectivity index (χ0) is 12.3. The van der Waals surface area contributed by atoms with Crippen LogP contribution in [0.1, 0.15) is 0 Å². The van der Waals surface area contributed by atoms with E-state index in [1.54, 1.807) is 5.51 Å². The Morgan fingerprint density at radius 2 is 2.47 bits per heavy atom. The molecule has 1 atom stereocenters. The largest absolute Gasteiger partial charge is 0.370 e. The van der Waals surface area contributed by atoms with Crippen LogP contribution in [-0.2, 0) is 9.53 Å². The lowest BCUT2D eigenvalue weighted by Crippen LogP contribution is -2.35. The van der Waals surface area contributed by atoms with Crippen molar-refractivity contribution in [2.24, 2.45) is 5.73 Å². The number of hydrogen-bond donors (Lipinski definition) is 2. The van der Waals surface area contributed by atoms with Gasteiger partial charge in [0.25, 0.3) is 5.91 Å². The lowest BCUT2D eigenvalue weighted by molar-refractivity contribution is -0.125. The highest BCUT2D eigenvalue weighted by Gasteiger charge is 2.15. The first-order valence-corrected chi connectivity index (χ1v) is 5.99. The average Bonchev–Trinajstić information content (AvgIpc) is 2.77. The van der Waals surface area contributed by atoms with Gasteiger partial charge in [-0.15, -0.1) is 11.3 Å². The van der Waals surface area contributed by atoms with Gasteiger partial charge in [0.2, 0.25) is 0 Å². The number of nitrogens with zero attached hydrogens (tertiary/aromatic N) is 1. The van der Waals surface area contributed by atoms with Crippen LogP contribution < -0.4 is 11.1 Å². The summed E-state index contributed by atoms with van der Waals surface area (Å²) in [7, 11) is 1.46. The minimum absolute atomic E-state index is 0.158. The summed E-state index contributed by atoms with van der Waals surface area (Å²) in [5.74, 6) is -0.237. The van der Waals surface area contributed by atoms with Crippen molar-refractivity contribution in [3.05, 3.63) is 23.7 Å². The SMILES string of the molecule is COC(CN)C(=O)Nc1ccc2ncsc2c1. The maximum absolute atomic E-state index is 11.7. The lowest BCUT2D eigenvalue weighted by Gasteiger charge is -2.12. The number of fused-ring (bicyclic) bond motifs is 1. The van der Waals surface area contributed by atoms with Crippen molar-refractivity contribution in [3.63, 3.8) is 0 Å². The number of carbonyl (C=O) groups excluding carboxylic acids is 1. The van der Waals surface area contributed by atoms with Gasteiger partial charge >= 0.3 is 0 Å². The van der Waals surface area contributed by atoms with Gasteiger partial charge in [0.05, 0.1) is 15.7 Å². The van der Waals surface area contributed by atoms with Crippen LogP contribution in [-0.4, -0.2) is 30.6 Å². The minimum atomic E-state index is -0.618. The van der Waals surface area contributed by atoms with Crippen LogP contribution in [0.5, 0.6) is 0 Å². The van der Waals surface area contributed by atoms with Crippen LogP contribution >= 0.6 is 11.3 Å². The number of rotatable bonds is 4. The average molecular weight is 251 g/mol. The van der Waals surface area contributed by atoms with Crippen molar-refractivity contribution in [1.82, 2.24) is 4.98 Å². The lowest BCUT2D eigenvalue weighted by atomic mass is 10.2. The van der Waals surface area contributed by atoms with Gasteiger partial charge in [0.1, 0.15) is 6.10 Å². The number of nitrogens with one attached hydrogen (secondary N) is 1. The van der Waals surface area contributed by atoms with Crippen LogP contribution in [0.3, 0.4) is 0 Å². The van der Waals surface area contributed by atoms with Crippen LogP contribution in [0.15, 0.2) is 23.7 Å². The number of nitrogens with two attached hydrogens (primary N) is 1. The van der Waals surface area contributed by atoms with E-state index in [4.69, 9.17) is 10.5 Å². The molecule has 2 rings (SSSR count). The molecular formula is C11H13N3O2S. The zero-order valence-electron chi connectivity index (χ0n) is 9.34. The molecule has 5 nitrogen and oxygen atoms in total. The highest BCUT2D eigenvalue weighted by molar-refractivity contribution is 7.16. The van der Waals surface area contributed by atoms with Gasteiger partial charge in [0.15, 0.2) is 0 Å². The van der Waals surface area contributed by atoms with Crippen molar-refractivity contribution in [2.45, 2.75) is 6.10 Å². The summed E-state index contributed by atoms with van der Waals surface area (Å²) in [6.45, 7) is 0.158. The Hall–Kier alpha value is -1.50. The molecule has 6 heteroatoms. The molecule has 1 unspecified atom stereocenters. The van der Waals surface area contributed by atoms with Gasteiger partial charge in [-0.1, -0.05) is 0 Å². The van der Waals surface area contributed by atoms with E-state index in [0.29, 0.717) is 0 Å². The third kappa shape index (κ3) is 2.60. The molecule has 0 aliphatic rings. The molecule has 0 radical (unpaired) electrons. The molecule has 0 bridgehead atoms. The fourth-order valence-electron chi connectivity index (χ4n) is 1.47. The first-order chi connectivity index (χ1) is 8.24. The monoisotopic (exact) mass is 251 g/mol. The number of methoxy groups -OCH3 is 1. The van der Waals surface area contributed by atoms with Crippen LogP contribution in [0.25, 0.3) is 10.2 Å². The first-order valence-electron chi connectivity index (χ1n) is 5.11. The van der Waals surface area contributed by atoms with Crippen LogP contribution in [0.4, 0.5) is 5.69 Å². The summed E-state index contributed by atoms with van der Waals surface area (Å²) in [5, 5.41) is 2.76. The summed E-state index contributed by atoms with van der Waals surface area (Å²) in [5.41, 5.74) is 8.84. The molecule has 0 saturated heterocycles. The van der Waals surface area contributed by atoms with Gasteiger partial charge in [-0.05, 0) is 18.2 Å². The second kappa shape index (κ2) is 5.22. The summed E-state index contributed by atoms with van der Waals surface area (Å²) in [6, 6.07) is 5.56. The predicted octanol–water partition coefficient (Wildman–Crippen LogP) is 1.21. The molecule has 90 valence electrons. The standard InChI is InChI=1S/C11H13N3O2S/c1-16-9(5-12)11(15)14-7-2-3-8-10(4-7)17-6-13-8/h2-4,6,9H,5,12H2,1H3,(H,14,15). The highest BCUT2D eigenvalue weighted by Crippen LogP contribution is 2.21. The molecule has 0 fully saturated rings. The first kappa shape index (κ1) is 12.0. The Bertz CT molecular complexity index is 522. The van der Waals surface area contributed by atoms with E-state index in [2.05, 4.69) is 10.3 Å². The topological polar surface area (TPSA) is 77.2 Å². The molecule has 17 heavy (non-hydrogen) atoms. The Morgan fingerprint density at radius 1 is 1.65 bits per heavy atom. The quantitative estimate of drug-likeness (QED) is 0.856. The van der Waals surface area contributed by atoms with Gasteiger partial charge in [-0.3, -0.25) is 4.79 Å². The summed E-state index contributed by atoms with van der Waals surface area (Å²) >= 11 is 1.53. The molecule has 1 aromatic heterocycles. The number of carbonyl (C=O) groups is 1. The normalized spacial score (nSPS) is 12.6. The van der Waals surface area contributed by atoms with Crippen molar-refractivity contribution >= 4 is 33.1 Å². The van der Waals surface area contributed by atoms with E-state index < -0.39 is 6.10 Å². The van der Waals surface area contributed by atoms with Gasteiger partial charge in [0, 0.05) is 19.3 Å². The molecule has 0 aliphatic heterocycles. The van der Waals surface area contributed by atoms with E-state index in [1.807, 2.05) is 18.2 Å². The van der Waals surface area contributed by atoms with Gasteiger partial charge < -0.3 is 15.8 Å². The molecule has 1 amide bonds. The van der Waals surface area contributed by atoms with Gasteiger partial charge in [-0.25, -0.2) is 4.98 Å². The maximum Gasteiger partial charge on any atom is 0.254 e. The Labute approximate surface area is 103 Å². The molecule has 1 heterocycles. The molecule has 2 aromatic rings. The number of amides is 1. The number of thiazole rings is 1. The van der Waals surface area contributed by atoms with E-state index in [0.717, 1.165) is 15.9 Å². The summed E-state index contributed by atoms with van der Waals surface area (Å²) < 4.78 is 5.99. The predicted molar refractivity (Wildman–Crippen MR) is 68.1 cm³/mol. The van der Waals surface area contributed by atoms with Crippen molar-refractivity contribution in [1.29, 1.82) is 0 Å². The number of benzene rings is 1. The second-order valence-corrected chi connectivity index (χ2v) is 4.37. The summed E-state index contributed by atoms with van der Waals surface area (Å²) in [4.78, 5) is 15.9. The zero-order valence-corrected chi connectivity index (χ0v) is 10.2. The van der Waals surface area contributed by atoms with Crippen LogP contribution in [0.2, 0.25) is 0 Å². The third-order valence-electron chi connectivity index (χ3n) is 2.39. The number of hydrogen-bond acceptors (Lipinski definition) is 5. The van der Waals surface area contributed by atoms with Crippen molar-refractivity contribution in [2.75, 3.05) is 19.0 Å². The minimum Gasteiger partial charge on any atom is -0.370 e. The number of aromatic nitrogens is 1. The van der Waals surface area contributed by atoms with Gasteiger partial charge in [-0.2, -0.15) is 0 Å². The molecule has 3 N–H and O–H groups in total. The molecule has 1 aromatic carbocycles. The Balaban J connectivity index is 2.14. The Morgan fingerprint density at radius 3 is 3.18 bits per heavy atom. The molecular weight excluding hydrogens is 238 g/mol. The van der Waals surface area contributed by atoms with Crippen LogP contribution in [0, 0.1) is 0 Å². The highest BCUT2D eigenvalue weighted by atomic mass is 32.1. The second-order valence-electron chi connectivity index (χ2n) is 3.48. The smallest absolute Gasteiger partial charge is 0.254 e. The fourth-order valence-corrected chi connectivity index (χ4v) is 2.18. The summed E-state index contributed by atoms with van der Waals surface area (Å²) in [6.07, 6.45) is -0.618. The van der Waals surface area contributed by atoms with Crippen molar-refractivity contribution in [3.8, 4) is 0 Å². The molecule has 0 spiro atoms. The van der Waals surface area contributed by atoms with Crippen molar-refractivity contribution < 1.29 is 9.53 Å². The Kier molecular flexibility index (Phi) is 3.68. The maximum atomic E-state index is 11.7. The molecule has 0 aliphatic carbocycles. The molecule has 0 saturated carbocycles. The fraction of sp³-hybridized carbons (Fsp3) is 0.273.